The van der Waals surface area contributed by atoms with Crippen molar-refractivity contribution in [3.05, 3.63) is 42.3 Å². The summed E-state index contributed by atoms with van der Waals surface area (Å²) in [5.74, 6) is 0.0883. The Balaban J connectivity index is 2.05. The number of hydrogen-bond acceptors (Lipinski definition) is 3. The lowest BCUT2D eigenvalue weighted by Crippen LogP contribution is -2.25. The summed E-state index contributed by atoms with van der Waals surface area (Å²) in [6, 6.07) is 3.98. The van der Waals surface area contributed by atoms with Gasteiger partial charge >= 0.3 is 0 Å². The molecule has 84 valence electrons. The van der Waals surface area contributed by atoms with E-state index in [0.717, 1.165) is 8.45 Å². The third-order valence-electron chi connectivity index (χ3n) is 2.16. The van der Waals surface area contributed by atoms with Crippen LogP contribution in [0.1, 0.15) is 15.9 Å². The lowest BCUT2D eigenvalue weighted by molar-refractivity contribution is 0.0786. The zero-order valence-corrected chi connectivity index (χ0v) is 12.4. The van der Waals surface area contributed by atoms with Crippen molar-refractivity contribution >= 4 is 51.2 Å². The van der Waals surface area contributed by atoms with E-state index in [2.05, 4.69) is 28.0 Å². The van der Waals surface area contributed by atoms with E-state index in [4.69, 9.17) is 0 Å². The van der Waals surface area contributed by atoms with Crippen molar-refractivity contribution < 1.29 is 4.79 Å². The Morgan fingerprint density at radius 1 is 1.50 bits per heavy atom. The highest BCUT2D eigenvalue weighted by Gasteiger charge is 2.13. The maximum atomic E-state index is 12.0. The number of carbonyl (C=O) groups excluding carboxylic acids is 1. The highest BCUT2D eigenvalue weighted by Crippen LogP contribution is 2.18. The van der Waals surface area contributed by atoms with E-state index in [1.807, 2.05) is 29.9 Å². The molecule has 0 saturated carbocycles. The predicted molar refractivity (Wildman–Crippen MR) is 77.2 cm³/mol. The first-order valence-electron chi connectivity index (χ1n) is 4.67. The fraction of sp³-hybridized carbons (Fsp3) is 0.182. The first-order chi connectivity index (χ1) is 7.66. The van der Waals surface area contributed by atoms with Crippen LogP contribution in [0.5, 0.6) is 0 Å². The second kappa shape index (κ2) is 5.29. The fourth-order valence-corrected chi connectivity index (χ4v) is 3.35. The van der Waals surface area contributed by atoms with E-state index in [-0.39, 0.29) is 5.91 Å². The van der Waals surface area contributed by atoms with Crippen LogP contribution in [0, 0.1) is 2.88 Å². The zero-order chi connectivity index (χ0) is 11.5. The number of nitrogens with zero attached hydrogens (tertiary/aromatic N) is 1. The summed E-state index contributed by atoms with van der Waals surface area (Å²) in [6.45, 7) is 0.675. The summed E-state index contributed by atoms with van der Waals surface area (Å²) < 4.78 is 1.14. The van der Waals surface area contributed by atoms with Gasteiger partial charge in [-0.05, 0) is 51.0 Å². The Morgan fingerprint density at radius 3 is 2.88 bits per heavy atom. The Kier molecular flexibility index (Phi) is 3.99. The van der Waals surface area contributed by atoms with Gasteiger partial charge in [0, 0.05) is 19.0 Å². The second-order valence-electron chi connectivity index (χ2n) is 3.43. The first-order valence-corrected chi connectivity index (χ1v) is 7.57. The van der Waals surface area contributed by atoms with E-state index >= 15 is 0 Å². The number of hydrogen-bond donors (Lipinski definition) is 0. The molecule has 1 amide bonds. The normalized spacial score (nSPS) is 10.4. The molecule has 0 fully saturated rings. The smallest absolute Gasteiger partial charge is 0.254 e. The van der Waals surface area contributed by atoms with Gasteiger partial charge in [-0.1, -0.05) is 0 Å². The van der Waals surface area contributed by atoms with E-state index in [1.54, 1.807) is 27.6 Å². The monoisotopic (exact) mass is 363 g/mol. The van der Waals surface area contributed by atoms with Crippen LogP contribution in [0.25, 0.3) is 0 Å². The Bertz CT molecular complexity index is 478. The van der Waals surface area contributed by atoms with Crippen molar-refractivity contribution in [2.75, 3.05) is 7.05 Å². The van der Waals surface area contributed by atoms with E-state index in [1.165, 1.54) is 5.56 Å². The van der Waals surface area contributed by atoms with Crippen LogP contribution in [0.3, 0.4) is 0 Å². The van der Waals surface area contributed by atoms with Gasteiger partial charge in [-0.15, -0.1) is 11.3 Å². The van der Waals surface area contributed by atoms with Crippen molar-refractivity contribution in [3.8, 4) is 0 Å². The molecule has 0 aliphatic carbocycles. The number of thiophene rings is 2. The van der Waals surface area contributed by atoms with Crippen LogP contribution in [0.15, 0.2) is 28.3 Å². The topological polar surface area (TPSA) is 20.3 Å². The molecule has 0 radical (unpaired) electrons. The van der Waals surface area contributed by atoms with Crippen LogP contribution >= 0.6 is 45.3 Å². The van der Waals surface area contributed by atoms with Gasteiger partial charge in [0.1, 0.15) is 0 Å². The molecule has 0 aliphatic rings. The highest BCUT2D eigenvalue weighted by molar-refractivity contribution is 14.1. The quantitative estimate of drug-likeness (QED) is 0.762. The standard InChI is InChI=1S/C11H10INOS2/c1-13(5-8-2-3-15-6-8)11(14)9-4-10(12)16-7-9/h2-4,6-7H,5H2,1H3. The third kappa shape index (κ3) is 2.83. The summed E-state index contributed by atoms with van der Waals surface area (Å²) in [5.41, 5.74) is 1.97. The van der Waals surface area contributed by atoms with Gasteiger partial charge in [0.05, 0.1) is 8.45 Å². The highest BCUT2D eigenvalue weighted by atomic mass is 127. The molecule has 0 spiro atoms. The molecular formula is C11H10INOS2. The van der Waals surface area contributed by atoms with Crippen molar-refractivity contribution in [1.29, 1.82) is 0 Å². The van der Waals surface area contributed by atoms with Crippen molar-refractivity contribution in [2.45, 2.75) is 6.54 Å². The maximum Gasteiger partial charge on any atom is 0.254 e. The minimum atomic E-state index is 0.0883. The average molecular weight is 363 g/mol. The minimum absolute atomic E-state index is 0.0883. The molecule has 2 aromatic heterocycles. The Morgan fingerprint density at radius 2 is 2.31 bits per heavy atom. The lowest BCUT2D eigenvalue weighted by atomic mass is 10.2. The largest absolute Gasteiger partial charge is 0.337 e. The summed E-state index contributed by atoms with van der Waals surface area (Å²) in [7, 11) is 1.84. The summed E-state index contributed by atoms with van der Waals surface area (Å²) in [5, 5.41) is 6.01. The molecule has 0 aromatic carbocycles. The molecule has 2 nitrogen and oxygen atoms in total. The SMILES string of the molecule is CN(Cc1ccsc1)C(=O)c1csc(I)c1. The van der Waals surface area contributed by atoms with Gasteiger partial charge in [-0.25, -0.2) is 0 Å². The van der Waals surface area contributed by atoms with Crippen LogP contribution < -0.4 is 0 Å². The number of carbonyl (C=O) groups is 1. The molecular weight excluding hydrogens is 353 g/mol. The average Bonchev–Trinajstić information content (AvgIpc) is 2.88. The Hall–Kier alpha value is -0.400. The van der Waals surface area contributed by atoms with Gasteiger partial charge in [-0.2, -0.15) is 11.3 Å². The van der Waals surface area contributed by atoms with Gasteiger partial charge in [-0.3, -0.25) is 4.79 Å². The molecule has 2 aromatic rings. The molecule has 0 unspecified atom stereocenters. The molecule has 0 aliphatic heterocycles. The zero-order valence-electron chi connectivity index (χ0n) is 8.64. The Labute approximate surface area is 116 Å². The molecule has 0 bridgehead atoms. The predicted octanol–water partition coefficient (Wildman–Crippen LogP) is 3.69. The molecule has 2 rings (SSSR count). The maximum absolute atomic E-state index is 12.0. The molecule has 0 saturated heterocycles. The van der Waals surface area contributed by atoms with Gasteiger partial charge in [0.25, 0.3) is 5.91 Å². The molecule has 2 heterocycles. The summed E-state index contributed by atoms with van der Waals surface area (Å²) in [4.78, 5) is 13.8. The van der Waals surface area contributed by atoms with Gasteiger partial charge in [0.2, 0.25) is 0 Å². The molecule has 0 N–H and O–H groups in total. The number of rotatable bonds is 3. The summed E-state index contributed by atoms with van der Waals surface area (Å²) in [6.07, 6.45) is 0. The summed E-state index contributed by atoms with van der Waals surface area (Å²) >= 11 is 5.48. The minimum Gasteiger partial charge on any atom is -0.337 e. The number of halogens is 1. The number of amides is 1. The molecule has 16 heavy (non-hydrogen) atoms. The fourth-order valence-electron chi connectivity index (χ4n) is 1.37. The molecule has 5 heteroatoms. The first kappa shape index (κ1) is 12.1. The lowest BCUT2D eigenvalue weighted by Gasteiger charge is -2.15. The van der Waals surface area contributed by atoms with Gasteiger partial charge in [0.15, 0.2) is 0 Å². The third-order valence-corrected chi connectivity index (χ3v) is 4.68. The van der Waals surface area contributed by atoms with Crippen molar-refractivity contribution in [3.63, 3.8) is 0 Å². The van der Waals surface area contributed by atoms with E-state index in [0.29, 0.717) is 6.54 Å². The van der Waals surface area contributed by atoms with Crippen LogP contribution in [-0.4, -0.2) is 17.9 Å². The van der Waals surface area contributed by atoms with Crippen molar-refractivity contribution in [2.24, 2.45) is 0 Å². The van der Waals surface area contributed by atoms with Gasteiger partial charge < -0.3 is 4.90 Å². The van der Waals surface area contributed by atoms with E-state index in [9.17, 15) is 4.79 Å². The van der Waals surface area contributed by atoms with Crippen LogP contribution in [-0.2, 0) is 6.54 Å². The molecule has 0 atom stereocenters. The second-order valence-corrected chi connectivity index (χ2v) is 7.02. The van der Waals surface area contributed by atoms with Crippen LogP contribution in [0.2, 0.25) is 0 Å². The van der Waals surface area contributed by atoms with Crippen LogP contribution in [0.4, 0.5) is 0 Å². The van der Waals surface area contributed by atoms with E-state index < -0.39 is 0 Å². The van der Waals surface area contributed by atoms with Crippen molar-refractivity contribution in [1.82, 2.24) is 4.90 Å².